The van der Waals surface area contributed by atoms with Crippen LogP contribution in [-0.4, -0.2) is 23.6 Å². The van der Waals surface area contributed by atoms with E-state index >= 15 is 0 Å². The van der Waals surface area contributed by atoms with Crippen LogP contribution in [0.25, 0.3) is 0 Å². The van der Waals surface area contributed by atoms with E-state index in [4.69, 9.17) is 0 Å². The highest BCUT2D eigenvalue weighted by atomic mass is 79.9. The lowest BCUT2D eigenvalue weighted by Crippen LogP contribution is -2.41. The van der Waals surface area contributed by atoms with Crippen LogP contribution in [0.5, 0.6) is 0 Å². The van der Waals surface area contributed by atoms with Gasteiger partial charge in [-0.3, -0.25) is 0 Å². The average Bonchev–Trinajstić information content (AvgIpc) is 2.42. The van der Waals surface area contributed by atoms with E-state index in [1.807, 2.05) is 23.9 Å². The molecule has 4 heteroatoms. The van der Waals surface area contributed by atoms with E-state index in [1.165, 1.54) is 25.0 Å². The van der Waals surface area contributed by atoms with Gasteiger partial charge in [-0.2, -0.15) is 11.8 Å². The van der Waals surface area contributed by atoms with Gasteiger partial charge in [-0.1, -0.05) is 35.3 Å². The molecule has 106 valence electrons. The van der Waals surface area contributed by atoms with Crippen LogP contribution in [0.1, 0.15) is 31.7 Å². The summed E-state index contributed by atoms with van der Waals surface area (Å²) in [6, 6.07) is 5.77. The van der Waals surface area contributed by atoms with Crippen molar-refractivity contribution in [3.05, 3.63) is 34.1 Å². The lowest BCUT2D eigenvalue weighted by Gasteiger charge is -2.30. The van der Waals surface area contributed by atoms with Crippen LogP contribution in [0.4, 0.5) is 4.39 Å². The lowest BCUT2D eigenvalue weighted by atomic mass is 9.99. The summed E-state index contributed by atoms with van der Waals surface area (Å²) < 4.78 is 14.8. The van der Waals surface area contributed by atoms with Crippen molar-refractivity contribution >= 4 is 27.7 Å². The summed E-state index contributed by atoms with van der Waals surface area (Å²) in [4.78, 5) is 0. The molecular formula is C15H21BrFNS. The number of halogens is 2. The van der Waals surface area contributed by atoms with Crippen LogP contribution >= 0.6 is 27.7 Å². The molecule has 1 fully saturated rings. The van der Waals surface area contributed by atoms with Gasteiger partial charge < -0.3 is 5.32 Å². The molecule has 0 saturated carbocycles. The van der Waals surface area contributed by atoms with E-state index in [0.29, 0.717) is 11.3 Å². The van der Waals surface area contributed by atoms with Gasteiger partial charge in [0, 0.05) is 15.8 Å². The first-order chi connectivity index (χ1) is 9.20. The Kier molecular flexibility index (Phi) is 6.17. The molecule has 19 heavy (non-hydrogen) atoms. The Morgan fingerprint density at radius 2 is 2.32 bits per heavy atom. The third-order valence-electron chi connectivity index (χ3n) is 3.58. The topological polar surface area (TPSA) is 12.0 Å². The minimum Gasteiger partial charge on any atom is -0.313 e. The van der Waals surface area contributed by atoms with Gasteiger partial charge in [0.1, 0.15) is 5.82 Å². The number of rotatable bonds is 5. The predicted octanol–water partition coefficient (Wildman–Crippen LogP) is 4.39. The molecule has 0 spiro atoms. The molecule has 0 amide bonds. The molecule has 1 nitrogen and oxygen atoms in total. The molecule has 0 aliphatic carbocycles. The molecule has 1 saturated heterocycles. The standard InChI is InChI=1S/C15H21BrFNS/c1-2-18-14(15-5-3-4-8-19-15)9-11-6-7-12(16)10-13(11)17/h6-7,10,14-15,18H,2-5,8-9H2,1H3. The first-order valence-corrected chi connectivity index (χ1v) is 8.83. The number of hydrogen-bond donors (Lipinski definition) is 1. The second-order valence-corrected chi connectivity index (χ2v) is 7.27. The summed E-state index contributed by atoms with van der Waals surface area (Å²) in [5.74, 6) is 1.15. The largest absolute Gasteiger partial charge is 0.313 e. The SMILES string of the molecule is CCNC(Cc1ccc(Br)cc1F)C1CCCCS1. The summed E-state index contributed by atoms with van der Waals surface area (Å²) >= 11 is 5.36. The third kappa shape index (κ3) is 4.47. The first-order valence-electron chi connectivity index (χ1n) is 6.99. The van der Waals surface area contributed by atoms with Gasteiger partial charge in [-0.25, -0.2) is 4.39 Å². The second-order valence-electron chi connectivity index (χ2n) is 5.01. The number of nitrogens with one attached hydrogen (secondary N) is 1. The molecule has 1 aliphatic heterocycles. The summed E-state index contributed by atoms with van der Waals surface area (Å²) in [5.41, 5.74) is 0.820. The zero-order valence-corrected chi connectivity index (χ0v) is 13.7. The zero-order chi connectivity index (χ0) is 13.7. The maximum absolute atomic E-state index is 14.0. The molecule has 2 rings (SSSR count). The van der Waals surface area contributed by atoms with Crippen molar-refractivity contribution in [3.63, 3.8) is 0 Å². The van der Waals surface area contributed by atoms with Crippen molar-refractivity contribution in [2.24, 2.45) is 0 Å². The fourth-order valence-electron chi connectivity index (χ4n) is 2.60. The molecule has 2 atom stereocenters. The van der Waals surface area contributed by atoms with Crippen molar-refractivity contribution in [2.75, 3.05) is 12.3 Å². The Balaban J connectivity index is 2.06. The second kappa shape index (κ2) is 7.65. The Hall–Kier alpha value is -0.0600. The van der Waals surface area contributed by atoms with E-state index in [9.17, 15) is 4.39 Å². The van der Waals surface area contributed by atoms with Gasteiger partial charge in [0.2, 0.25) is 0 Å². The highest BCUT2D eigenvalue weighted by Gasteiger charge is 2.24. The van der Waals surface area contributed by atoms with E-state index < -0.39 is 0 Å². The number of hydrogen-bond acceptors (Lipinski definition) is 2. The van der Waals surface area contributed by atoms with E-state index in [0.717, 1.165) is 23.0 Å². The van der Waals surface area contributed by atoms with Crippen molar-refractivity contribution in [2.45, 2.75) is 43.9 Å². The summed E-state index contributed by atoms with van der Waals surface area (Å²) in [5, 5.41) is 4.17. The Morgan fingerprint density at radius 3 is 2.95 bits per heavy atom. The number of likely N-dealkylation sites (N-methyl/N-ethyl adjacent to an activating group) is 1. The van der Waals surface area contributed by atoms with Crippen molar-refractivity contribution < 1.29 is 4.39 Å². The predicted molar refractivity (Wildman–Crippen MR) is 85.4 cm³/mol. The smallest absolute Gasteiger partial charge is 0.127 e. The minimum absolute atomic E-state index is 0.0990. The van der Waals surface area contributed by atoms with Crippen LogP contribution in [0.3, 0.4) is 0 Å². The Labute approximate surface area is 127 Å². The van der Waals surface area contributed by atoms with Crippen LogP contribution < -0.4 is 5.32 Å². The average molecular weight is 346 g/mol. The first kappa shape index (κ1) is 15.3. The van der Waals surface area contributed by atoms with Gasteiger partial charge in [-0.15, -0.1) is 0 Å². The van der Waals surface area contributed by atoms with Gasteiger partial charge in [0.15, 0.2) is 0 Å². The van der Waals surface area contributed by atoms with Crippen LogP contribution in [0, 0.1) is 5.82 Å². The fourth-order valence-corrected chi connectivity index (χ4v) is 4.37. The zero-order valence-electron chi connectivity index (χ0n) is 11.3. The normalized spacial score (nSPS) is 21.3. The Morgan fingerprint density at radius 1 is 1.47 bits per heavy atom. The van der Waals surface area contributed by atoms with Gasteiger partial charge in [-0.05, 0) is 49.3 Å². The number of benzene rings is 1. The monoisotopic (exact) mass is 345 g/mol. The van der Waals surface area contributed by atoms with E-state index in [2.05, 4.69) is 28.2 Å². The van der Waals surface area contributed by atoms with Crippen LogP contribution in [0.15, 0.2) is 22.7 Å². The highest BCUT2D eigenvalue weighted by Crippen LogP contribution is 2.29. The lowest BCUT2D eigenvalue weighted by molar-refractivity contribution is 0.463. The van der Waals surface area contributed by atoms with Gasteiger partial charge in [0.25, 0.3) is 0 Å². The summed E-state index contributed by atoms with van der Waals surface area (Å²) in [6.45, 7) is 3.07. The molecule has 2 unspecified atom stereocenters. The molecular weight excluding hydrogens is 325 g/mol. The van der Waals surface area contributed by atoms with Gasteiger partial charge in [0.05, 0.1) is 0 Å². The van der Waals surface area contributed by atoms with Gasteiger partial charge >= 0.3 is 0 Å². The van der Waals surface area contributed by atoms with Crippen LogP contribution in [0.2, 0.25) is 0 Å². The fraction of sp³-hybridized carbons (Fsp3) is 0.600. The van der Waals surface area contributed by atoms with Crippen molar-refractivity contribution in [1.29, 1.82) is 0 Å². The molecule has 0 bridgehead atoms. The molecule has 0 aromatic heterocycles. The van der Waals surface area contributed by atoms with E-state index in [1.54, 1.807) is 6.07 Å². The molecule has 0 radical (unpaired) electrons. The van der Waals surface area contributed by atoms with E-state index in [-0.39, 0.29) is 5.82 Å². The molecule has 1 heterocycles. The third-order valence-corrected chi connectivity index (χ3v) is 5.59. The molecule has 1 aromatic rings. The maximum atomic E-state index is 14.0. The minimum atomic E-state index is -0.0990. The molecule has 1 aromatic carbocycles. The Bertz CT molecular complexity index is 407. The van der Waals surface area contributed by atoms with Crippen molar-refractivity contribution in [3.8, 4) is 0 Å². The van der Waals surface area contributed by atoms with Crippen molar-refractivity contribution in [1.82, 2.24) is 5.32 Å². The maximum Gasteiger partial charge on any atom is 0.127 e. The molecule has 1 aliphatic rings. The summed E-state index contributed by atoms with van der Waals surface area (Å²) in [7, 11) is 0. The quantitative estimate of drug-likeness (QED) is 0.848. The summed E-state index contributed by atoms with van der Waals surface area (Å²) in [6.07, 6.45) is 4.67. The number of thioether (sulfide) groups is 1. The highest BCUT2D eigenvalue weighted by molar-refractivity contribution is 9.10. The van der Waals surface area contributed by atoms with Crippen LogP contribution in [-0.2, 0) is 6.42 Å². The molecule has 1 N–H and O–H groups in total.